The summed E-state index contributed by atoms with van der Waals surface area (Å²) in [6.45, 7) is 0. The van der Waals surface area contributed by atoms with E-state index < -0.39 is 0 Å². The summed E-state index contributed by atoms with van der Waals surface area (Å²) < 4.78 is 0. The Morgan fingerprint density at radius 1 is 1.21 bits per heavy atom. The normalized spacial score (nSPS) is 16.8. The van der Waals surface area contributed by atoms with Crippen LogP contribution in [-0.4, -0.2) is 5.78 Å². The summed E-state index contributed by atoms with van der Waals surface area (Å²) in [5.74, 6) is 1.06. The Balaban J connectivity index is 1.80. The molecule has 1 nitrogen and oxygen atoms in total. The van der Waals surface area contributed by atoms with Gasteiger partial charge >= 0.3 is 0 Å². The number of Topliss-reactive ketones (excluding diaryl/α,β-unsaturated/α-hetero) is 1. The number of benzene rings is 1. The Hall–Kier alpha value is -0.820. The highest BCUT2D eigenvalue weighted by molar-refractivity contribution is 6.30. The van der Waals surface area contributed by atoms with Crippen molar-refractivity contribution in [2.24, 2.45) is 5.92 Å². The molecule has 0 saturated heterocycles. The molecule has 1 saturated carbocycles. The number of carbonyl (C=O) groups is 1. The van der Waals surface area contributed by atoms with Crippen LogP contribution in [0.2, 0.25) is 5.02 Å². The van der Waals surface area contributed by atoms with Crippen LogP contribution in [0.25, 0.3) is 0 Å². The first-order chi connectivity index (χ1) is 6.74. The molecule has 2 rings (SSSR count). The standard InChI is InChI=1S/C12H13ClO/c13-11-5-3-9(4-6-11)1-2-10-7-12(14)8-10/h3-6,10H,1-2,7-8H2. The molecular weight excluding hydrogens is 196 g/mol. The summed E-state index contributed by atoms with van der Waals surface area (Å²) in [7, 11) is 0. The molecular formula is C12H13ClO. The van der Waals surface area contributed by atoms with Gasteiger partial charge in [0.05, 0.1) is 0 Å². The fourth-order valence-corrected chi connectivity index (χ4v) is 1.94. The van der Waals surface area contributed by atoms with E-state index >= 15 is 0 Å². The lowest BCUT2D eigenvalue weighted by molar-refractivity contribution is -0.126. The van der Waals surface area contributed by atoms with Gasteiger partial charge in [-0.3, -0.25) is 4.79 Å². The van der Waals surface area contributed by atoms with Crippen molar-refractivity contribution in [2.75, 3.05) is 0 Å². The van der Waals surface area contributed by atoms with E-state index in [4.69, 9.17) is 11.6 Å². The summed E-state index contributed by atoms with van der Waals surface area (Å²) in [5.41, 5.74) is 1.31. The zero-order chi connectivity index (χ0) is 9.97. The first kappa shape index (κ1) is 9.72. The highest BCUT2D eigenvalue weighted by Gasteiger charge is 2.25. The quantitative estimate of drug-likeness (QED) is 0.745. The van der Waals surface area contributed by atoms with E-state index in [1.165, 1.54) is 5.56 Å². The predicted molar refractivity (Wildman–Crippen MR) is 57.5 cm³/mol. The molecule has 0 spiro atoms. The van der Waals surface area contributed by atoms with Crippen LogP contribution < -0.4 is 0 Å². The molecule has 0 atom stereocenters. The van der Waals surface area contributed by atoms with Gasteiger partial charge in [0.25, 0.3) is 0 Å². The van der Waals surface area contributed by atoms with Crippen molar-refractivity contribution in [1.82, 2.24) is 0 Å². The zero-order valence-corrected chi connectivity index (χ0v) is 8.76. The van der Waals surface area contributed by atoms with Crippen LogP contribution in [0.15, 0.2) is 24.3 Å². The van der Waals surface area contributed by atoms with Gasteiger partial charge in [0.1, 0.15) is 5.78 Å². The highest BCUT2D eigenvalue weighted by Crippen LogP contribution is 2.27. The third kappa shape index (κ3) is 2.36. The Morgan fingerprint density at radius 2 is 1.86 bits per heavy atom. The number of carbonyl (C=O) groups excluding carboxylic acids is 1. The van der Waals surface area contributed by atoms with Gasteiger partial charge in [-0.1, -0.05) is 23.7 Å². The molecule has 0 heterocycles. The SMILES string of the molecule is O=C1CC(CCc2ccc(Cl)cc2)C1. The maximum Gasteiger partial charge on any atom is 0.133 e. The van der Waals surface area contributed by atoms with E-state index in [0.717, 1.165) is 30.7 Å². The van der Waals surface area contributed by atoms with Crippen molar-refractivity contribution in [3.8, 4) is 0 Å². The van der Waals surface area contributed by atoms with Crippen LogP contribution >= 0.6 is 11.6 Å². The maximum absolute atomic E-state index is 10.7. The third-order valence-electron chi connectivity index (χ3n) is 2.79. The van der Waals surface area contributed by atoms with Crippen molar-refractivity contribution < 1.29 is 4.79 Å². The van der Waals surface area contributed by atoms with Gasteiger partial charge in [0, 0.05) is 17.9 Å². The van der Waals surface area contributed by atoms with Gasteiger partial charge in [-0.15, -0.1) is 0 Å². The van der Waals surface area contributed by atoms with Crippen LogP contribution in [0.5, 0.6) is 0 Å². The molecule has 2 heteroatoms. The predicted octanol–water partition coefficient (Wildman–Crippen LogP) is 3.25. The second-order valence-electron chi connectivity index (χ2n) is 3.98. The summed E-state index contributed by atoms with van der Waals surface area (Å²) in [6, 6.07) is 7.96. The molecule has 1 fully saturated rings. The van der Waals surface area contributed by atoms with Gasteiger partial charge in [-0.2, -0.15) is 0 Å². The van der Waals surface area contributed by atoms with E-state index in [-0.39, 0.29) is 0 Å². The second-order valence-corrected chi connectivity index (χ2v) is 4.41. The van der Waals surface area contributed by atoms with Crippen LogP contribution in [0, 0.1) is 5.92 Å². The minimum Gasteiger partial charge on any atom is -0.300 e. The van der Waals surface area contributed by atoms with Crippen molar-refractivity contribution in [3.63, 3.8) is 0 Å². The number of hydrogen-bond donors (Lipinski definition) is 0. The van der Waals surface area contributed by atoms with Gasteiger partial charge in [0.15, 0.2) is 0 Å². The Kier molecular flexibility index (Phi) is 2.87. The molecule has 0 radical (unpaired) electrons. The van der Waals surface area contributed by atoms with E-state index in [1.807, 2.05) is 12.1 Å². The molecule has 0 N–H and O–H groups in total. The average molecular weight is 209 g/mol. The molecule has 0 aliphatic heterocycles. The van der Waals surface area contributed by atoms with Crippen molar-refractivity contribution in [3.05, 3.63) is 34.9 Å². The van der Waals surface area contributed by atoms with Gasteiger partial charge in [0.2, 0.25) is 0 Å². The van der Waals surface area contributed by atoms with E-state index in [9.17, 15) is 4.79 Å². The molecule has 1 aromatic rings. The number of rotatable bonds is 3. The molecule has 0 unspecified atom stereocenters. The molecule has 0 aromatic heterocycles. The van der Waals surface area contributed by atoms with Crippen LogP contribution in [0.4, 0.5) is 0 Å². The number of ketones is 1. The van der Waals surface area contributed by atoms with Crippen molar-refractivity contribution in [1.29, 1.82) is 0 Å². The monoisotopic (exact) mass is 208 g/mol. The van der Waals surface area contributed by atoms with E-state index in [1.54, 1.807) is 0 Å². The Morgan fingerprint density at radius 3 is 2.43 bits per heavy atom. The number of aryl methyl sites for hydroxylation is 1. The molecule has 0 bridgehead atoms. The summed E-state index contributed by atoms with van der Waals surface area (Å²) in [4.78, 5) is 10.7. The first-order valence-corrected chi connectivity index (χ1v) is 5.38. The number of hydrogen-bond acceptors (Lipinski definition) is 1. The zero-order valence-electron chi connectivity index (χ0n) is 8.00. The molecule has 74 valence electrons. The highest BCUT2D eigenvalue weighted by atomic mass is 35.5. The number of halogens is 1. The fourth-order valence-electron chi connectivity index (χ4n) is 1.81. The van der Waals surface area contributed by atoms with Crippen molar-refractivity contribution >= 4 is 17.4 Å². The fraction of sp³-hybridized carbons (Fsp3) is 0.417. The molecule has 1 aliphatic rings. The van der Waals surface area contributed by atoms with Gasteiger partial charge in [-0.05, 0) is 36.5 Å². The van der Waals surface area contributed by atoms with Crippen LogP contribution in [-0.2, 0) is 11.2 Å². The average Bonchev–Trinajstić information content (AvgIpc) is 2.13. The van der Waals surface area contributed by atoms with E-state index in [0.29, 0.717) is 11.7 Å². The van der Waals surface area contributed by atoms with Gasteiger partial charge in [-0.25, -0.2) is 0 Å². The molecule has 1 aromatic carbocycles. The lowest BCUT2D eigenvalue weighted by Crippen LogP contribution is -2.23. The van der Waals surface area contributed by atoms with Crippen LogP contribution in [0.3, 0.4) is 0 Å². The molecule has 1 aliphatic carbocycles. The Bertz CT molecular complexity index is 321. The minimum absolute atomic E-state index is 0.422. The third-order valence-corrected chi connectivity index (χ3v) is 3.04. The smallest absolute Gasteiger partial charge is 0.133 e. The summed E-state index contributed by atoms with van der Waals surface area (Å²) in [5, 5.41) is 0.785. The molecule has 14 heavy (non-hydrogen) atoms. The Labute approximate surface area is 89.1 Å². The van der Waals surface area contributed by atoms with E-state index in [2.05, 4.69) is 12.1 Å². The minimum atomic E-state index is 0.422. The topological polar surface area (TPSA) is 17.1 Å². The lowest BCUT2D eigenvalue weighted by atomic mass is 9.80. The first-order valence-electron chi connectivity index (χ1n) is 5.00. The maximum atomic E-state index is 10.7. The largest absolute Gasteiger partial charge is 0.300 e. The summed E-state index contributed by atoms with van der Waals surface area (Å²) in [6.07, 6.45) is 3.80. The van der Waals surface area contributed by atoms with Gasteiger partial charge < -0.3 is 0 Å². The molecule has 0 amide bonds. The second kappa shape index (κ2) is 4.14. The van der Waals surface area contributed by atoms with Crippen molar-refractivity contribution in [2.45, 2.75) is 25.7 Å². The summed E-state index contributed by atoms with van der Waals surface area (Å²) >= 11 is 5.79. The lowest BCUT2D eigenvalue weighted by Gasteiger charge is -2.23. The van der Waals surface area contributed by atoms with Crippen LogP contribution in [0.1, 0.15) is 24.8 Å².